The molecule has 0 aliphatic rings. The summed E-state index contributed by atoms with van der Waals surface area (Å²) in [6.45, 7) is 13.5. The smallest absolute Gasteiger partial charge is 0.221 e. The van der Waals surface area contributed by atoms with Gasteiger partial charge in [0.2, 0.25) is 88.6 Å². The summed E-state index contributed by atoms with van der Waals surface area (Å²) in [6, 6.07) is 0. The van der Waals surface area contributed by atoms with Crippen LogP contribution in [0.2, 0.25) is 0 Å². The number of hydrogen-bond donors (Lipinski definition) is 23. The third-order valence-electron chi connectivity index (χ3n) is 18.6. The van der Waals surface area contributed by atoms with Crippen molar-refractivity contribution in [2.75, 3.05) is 288 Å². The van der Waals surface area contributed by atoms with E-state index in [0.717, 1.165) is 0 Å². The second kappa shape index (κ2) is 77.5. The lowest BCUT2D eigenvalue weighted by molar-refractivity contribution is -0.124. The van der Waals surface area contributed by atoms with Gasteiger partial charge in [-0.2, -0.15) is 0 Å². The molecule has 31 N–H and O–H groups in total. The number of nitrogens with one attached hydrogen (secondary N) is 15. The molecule has 45 heteroatoms. The van der Waals surface area contributed by atoms with Crippen LogP contribution in [0, 0.1) is 0 Å². The lowest BCUT2D eigenvalue weighted by atomic mass is 10.2. The molecule has 0 aromatic carbocycles. The van der Waals surface area contributed by atoms with E-state index < -0.39 is 0 Å². The van der Waals surface area contributed by atoms with Crippen molar-refractivity contribution in [2.45, 2.75) is 110 Å². The number of carbonyl (C=O) groups excluding carboxylic acids is 15. The fourth-order valence-corrected chi connectivity index (χ4v) is 11.7. The Balaban J connectivity index is 6.54. The van der Waals surface area contributed by atoms with E-state index in [1.54, 1.807) is 0 Å². The van der Waals surface area contributed by atoms with Crippen LogP contribution in [0.25, 0.3) is 0 Å². The third kappa shape index (κ3) is 69.7. The zero-order valence-corrected chi connectivity index (χ0v) is 72.3. The quantitative estimate of drug-likeness (QED) is 0.0269. The minimum absolute atomic E-state index is 0.00508. The number of hydrogen-bond acceptors (Lipinski definition) is 30. The zero-order valence-electron chi connectivity index (χ0n) is 72.3. The number of rotatable bonds is 81. The molecule has 0 aliphatic carbocycles. The first-order chi connectivity index (χ1) is 58.3. The van der Waals surface area contributed by atoms with Crippen LogP contribution in [0.1, 0.15) is 110 Å². The van der Waals surface area contributed by atoms with E-state index in [1.165, 1.54) is 0 Å². The molecule has 45 nitrogen and oxygen atoms in total. The zero-order chi connectivity index (χ0) is 89.7. The Hall–Kier alpha value is -8.55. The third-order valence-corrected chi connectivity index (χ3v) is 18.6. The van der Waals surface area contributed by atoms with Crippen LogP contribution >= 0.6 is 0 Å². The maximum absolute atomic E-state index is 13.7. The molecule has 0 fully saturated rings. The second-order valence-corrected chi connectivity index (χ2v) is 28.7. The summed E-state index contributed by atoms with van der Waals surface area (Å²) in [4.78, 5) is 207. The molecule has 0 spiro atoms. The highest BCUT2D eigenvalue weighted by Crippen LogP contribution is 2.05. The number of nitrogens with two attached hydrogens (primary N) is 8. The van der Waals surface area contributed by atoms with Crippen molar-refractivity contribution in [1.82, 2.24) is 114 Å². The van der Waals surface area contributed by atoms with E-state index in [4.69, 9.17) is 45.9 Å². The van der Waals surface area contributed by atoms with Crippen molar-refractivity contribution in [3.05, 3.63) is 0 Å². The lowest BCUT2D eigenvalue weighted by Gasteiger charge is -2.25. The van der Waals surface area contributed by atoms with E-state index in [2.05, 4.69) is 79.8 Å². The van der Waals surface area contributed by atoms with Gasteiger partial charge in [-0.15, -0.1) is 0 Å². The highest BCUT2D eigenvalue weighted by Gasteiger charge is 2.21. The summed E-state index contributed by atoms with van der Waals surface area (Å²) in [5.41, 5.74) is 44.4. The van der Waals surface area contributed by atoms with Gasteiger partial charge < -0.3 is 160 Å². The van der Waals surface area contributed by atoms with Crippen molar-refractivity contribution in [2.24, 2.45) is 45.9 Å². The number of amides is 15. The van der Waals surface area contributed by atoms with Crippen LogP contribution in [0.15, 0.2) is 0 Å². The average Bonchev–Trinajstić information content (AvgIpc) is 0.933. The largest absolute Gasteiger partial charge is 0.355 e. The van der Waals surface area contributed by atoms with Gasteiger partial charge in [0.25, 0.3) is 0 Å². The predicted octanol–water partition coefficient (Wildman–Crippen LogP) is -12.2. The summed E-state index contributed by atoms with van der Waals surface area (Å²) >= 11 is 0. The molecule has 0 aliphatic heterocycles. The number of carbonyl (C=O) groups is 15. The van der Waals surface area contributed by atoms with Gasteiger partial charge in [0.15, 0.2) is 0 Å². The molecule has 0 atom stereocenters. The Morgan fingerprint density at radius 3 is 0.331 bits per heavy atom. The van der Waals surface area contributed by atoms with Crippen molar-refractivity contribution in [1.29, 1.82) is 0 Å². The van der Waals surface area contributed by atoms with Gasteiger partial charge >= 0.3 is 0 Å². The van der Waals surface area contributed by atoms with Gasteiger partial charge in [-0.1, -0.05) is 6.92 Å². The highest BCUT2D eigenvalue weighted by molar-refractivity contribution is 5.81. The van der Waals surface area contributed by atoms with Crippen LogP contribution in [-0.2, 0) is 71.9 Å². The molecule has 15 amide bonds. The summed E-state index contributed by atoms with van der Waals surface area (Å²) in [6.07, 6.45) is 2.08. The summed E-state index contributed by atoms with van der Waals surface area (Å²) < 4.78 is 0. The molecule has 0 unspecified atom stereocenters. The first-order valence-electron chi connectivity index (χ1n) is 43.0. The van der Waals surface area contributed by atoms with Crippen molar-refractivity contribution >= 4 is 88.6 Å². The van der Waals surface area contributed by atoms with Gasteiger partial charge in [0.05, 0.1) is 0 Å². The SMILES string of the molecule is CCCC(=O)NCCN(CCC(=O)NCCN(CCC(=O)NCCN(CCC(=O)NCCN)CCC(=O)NCCN)CCC(=O)NCCN(CCC(=O)NCCN)CCC(=O)NCCN)CCC(=O)NCCN(CCC(=O)NCCN(CCC(=O)NCCN)CCC(=O)NCCN)CCC(=O)NCCN(CCC(=O)NCCN)CCC(=O)NCCN. The number of nitrogens with zero attached hydrogens (tertiary/aromatic N) is 7. The lowest BCUT2D eigenvalue weighted by Crippen LogP contribution is -2.43. The molecular weight excluding hydrogens is 1570 g/mol. The molecule has 0 saturated carbocycles. The minimum atomic E-state index is -0.330. The fraction of sp³-hybridized carbons (Fsp3) is 0.803. The Bertz CT molecular complexity index is 2480. The normalized spacial score (nSPS) is 11.2. The average molecular weight is 1730 g/mol. The maximum atomic E-state index is 13.7. The molecule has 0 aromatic heterocycles. The molecule has 0 saturated heterocycles. The van der Waals surface area contributed by atoms with E-state index >= 15 is 0 Å². The summed E-state index contributed by atoms with van der Waals surface area (Å²) in [7, 11) is 0. The van der Waals surface area contributed by atoms with Crippen LogP contribution < -0.4 is 126 Å². The molecular formula is C76H154N30O15. The van der Waals surface area contributed by atoms with Crippen LogP contribution in [0.4, 0.5) is 0 Å². The highest BCUT2D eigenvalue weighted by atomic mass is 16.2. The minimum Gasteiger partial charge on any atom is -0.355 e. The standard InChI is InChI=1S/C76H154N30O15/c1-2-3-62(107)93-34-55-104(49-12-71(116)98-39-60-105(51-14-73(118)94-35-56-100(41-4-63(108)85-26-18-77)42-5-64(109)86-27-19-78)52-15-74(119)95-36-57-101(43-6-65(110)87-28-20-79)44-7-66(111)88-29-21-80)50-13-72(117)99-40-61-106(53-16-75(120)96-37-58-102(45-8-67(112)89-30-22-81)46-9-68(113)90-31-23-82)54-17-76(121)97-38-59-103(47-10-69(114)91-32-24-83)48-11-70(115)92-33-25-84/h2-61,77-84H2,1H3,(H,85,108)(H,86,109)(H,87,110)(H,88,111)(H,89,112)(H,90,113)(H,91,114)(H,92,115)(H,93,107)(H,94,118)(H,95,119)(H,96,120)(H,97,121)(H,98,116)(H,99,117). The Labute approximate surface area is 715 Å². The van der Waals surface area contributed by atoms with Crippen molar-refractivity contribution < 1.29 is 71.9 Å². The van der Waals surface area contributed by atoms with Crippen LogP contribution in [-0.4, -0.2) is 411 Å². The predicted molar refractivity (Wildman–Crippen MR) is 462 cm³/mol. The fourth-order valence-electron chi connectivity index (χ4n) is 11.7. The molecule has 0 heterocycles. The van der Waals surface area contributed by atoms with E-state index in [-0.39, 0.29) is 329 Å². The van der Waals surface area contributed by atoms with Crippen molar-refractivity contribution in [3.8, 4) is 0 Å². The molecule has 121 heavy (non-hydrogen) atoms. The molecule has 698 valence electrons. The van der Waals surface area contributed by atoms with Gasteiger partial charge in [0, 0.05) is 384 Å². The van der Waals surface area contributed by atoms with Gasteiger partial charge in [0.1, 0.15) is 0 Å². The maximum Gasteiger partial charge on any atom is 0.221 e. The second-order valence-electron chi connectivity index (χ2n) is 28.7. The van der Waals surface area contributed by atoms with Gasteiger partial charge in [-0.05, 0) is 6.42 Å². The molecule has 0 bridgehead atoms. The van der Waals surface area contributed by atoms with Crippen LogP contribution in [0.5, 0.6) is 0 Å². The first kappa shape index (κ1) is 112. The Morgan fingerprint density at radius 1 is 0.149 bits per heavy atom. The first-order valence-corrected chi connectivity index (χ1v) is 43.0. The molecule has 0 rings (SSSR count). The van der Waals surface area contributed by atoms with E-state index in [9.17, 15) is 71.9 Å². The van der Waals surface area contributed by atoms with Gasteiger partial charge in [-0.25, -0.2) is 0 Å². The van der Waals surface area contributed by atoms with Crippen molar-refractivity contribution in [3.63, 3.8) is 0 Å². The summed E-state index contributed by atoms with van der Waals surface area (Å²) in [5.74, 6) is -3.71. The Morgan fingerprint density at radius 2 is 0.240 bits per heavy atom. The van der Waals surface area contributed by atoms with Gasteiger partial charge in [-0.3, -0.25) is 71.9 Å². The Kier molecular flexibility index (Phi) is 72.0. The van der Waals surface area contributed by atoms with E-state index in [0.29, 0.717) is 150 Å². The van der Waals surface area contributed by atoms with E-state index in [1.807, 2.05) is 41.2 Å². The van der Waals surface area contributed by atoms with Crippen LogP contribution in [0.3, 0.4) is 0 Å². The monoisotopic (exact) mass is 1730 g/mol. The molecule has 0 aromatic rings. The molecule has 0 radical (unpaired) electrons. The topological polar surface area (TPSA) is 667 Å². The summed E-state index contributed by atoms with van der Waals surface area (Å²) in [5, 5.41) is 42.3.